The van der Waals surface area contributed by atoms with Crippen LogP contribution in [-0.2, 0) is 11.2 Å². The number of nitrogens with zero attached hydrogens (tertiary/aromatic N) is 2. The third-order valence-electron chi connectivity index (χ3n) is 2.73. The van der Waals surface area contributed by atoms with Crippen LogP contribution in [0.15, 0.2) is 34.3 Å². The number of hydrogen-bond acceptors (Lipinski definition) is 2. The zero-order valence-corrected chi connectivity index (χ0v) is 11.0. The molecule has 106 valence electrons. The molecule has 1 aromatic rings. The number of hydrogen-bond donors (Lipinski definition) is 4. The lowest BCUT2D eigenvalue weighted by atomic mass is 10.1. The van der Waals surface area contributed by atoms with Gasteiger partial charge in [0, 0.05) is 6.04 Å². The SMILES string of the molecule is NC(N)=NC(N)=Nc1ccc(CC(=O)NC2CC2)cc1. The van der Waals surface area contributed by atoms with Crippen molar-refractivity contribution in [1.82, 2.24) is 5.32 Å². The van der Waals surface area contributed by atoms with E-state index >= 15 is 0 Å². The van der Waals surface area contributed by atoms with Crippen LogP contribution >= 0.6 is 0 Å². The Morgan fingerprint density at radius 2 is 1.85 bits per heavy atom. The predicted molar refractivity (Wildman–Crippen MR) is 78.4 cm³/mol. The molecule has 1 aliphatic carbocycles. The number of carbonyl (C=O) groups excluding carboxylic acids is 1. The van der Waals surface area contributed by atoms with E-state index in [-0.39, 0.29) is 17.8 Å². The Kier molecular flexibility index (Phi) is 4.19. The summed E-state index contributed by atoms with van der Waals surface area (Å²) < 4.78 is 0. The van der Waals surface area contributed by atoms with Crippen LogP contribution in [0.1, 0.15) is 18.4 Å². The summed E-state index contributed by atoms with van der Waals surface area (Å²) in [7, 11) is 0. The molecule has 1 fully saturated rings. The first-order chi connectivity index (χ1) is 9.52. The van der Waals surface area contributed by atoms with Gasteiger partial charge >= 0.3 is 0 Å². The van der Waals surface area contributed by atoms with Crippen LogP contribution in [0.3, 0.4) is 0 Å². The molecule has 7 N–H and O–H groups in total. The van der Waals surface area contributed by atoms with Crippen molar-refractivity contribution < 1.29 is 4.79 Å². The molecule has 0 aromatic heterocycles. The van der Waals surface area contributed by atoms with Crippen molar-refractivity contribution in [2.24, 2.45) is 27.2 Å². The molecule has 1 aliphatic rings. The molecule has 0 saturated heterocycles. The van der Waals surface area contributed by atoms with Crippen molar-refractivity contribution in [2.75, 3.05) is 0 Å². The summed E-state index contributed by atoms with van der Waals surface area (Å²) in [6.07, 6.45) is 2.54. The fourth-order valence-electron chi connectivity index (χ4n) is 1.67. The number of aliphatic imine (C=N–C) groups is 2. The largest absolute Gasteiger partial charge is 0.370 e. The van der Waals surface area contributed by atoms with Crippen LogP contribution in [0.4, 0.5) is 5.69 Å². The van der Waals surface area contributed by atoms with Crippen LogP contribution in [0.5, 0.6) is 0 Å². The average Bonchev–Trinajstić information content (AvgIpc) is 3.14. The Balaban J connectivity index is 1.95. The molecule has 1 amide bonds. The summed E-state index contributed by atoms with van der Waals surface area (Å²) in [6.45, 7) is 0. The third-order valence-corrected chi connectivity index (χ3v) is 2.73. The van der Waals surface area contributed by atoms with E-state index in [4.69, 9.17) is 17.2 Å². The van der Waals surface area contributed by atoms with Crippen LogP contribution in [-0.4, -0.2) is 23.9 Å². The molecule has 0 aliphatic heterocycles. The average molecular weight is 274 g/mol. The van der Waals surface area contributed by atoms with Crippen molar-refractivity contribution in [3.8, 4) is 0 Å². The number of benzene rings is 1. The third kappa shape index (κ3) is 4.60. The molecule has 7 nitrogen and oxygen atoms in total. The van der Waals surface area contributed by atoms with Gasteiger partial charge in [0.05, 0.1) is 12.1 Å². The number of nitrogens with two attached hydrogens (primary N) is 3. The van der Waals surface area contributed by atoms with Crippen molar-refractivity contribution in [3.63, 3.8) is 0 Å². The number of carbonyl (C=O) groups is 1. The fraction of sp³-hybridized carbons (Fsp3) is 0.308. The Bertz CT molecular complexity index is 540. The maximum absolute atomic E-state index is 11.6. The minimum Gasteiger partial charge on any atom is -0.370 e. The lowest BCUT2D eigenvalue weighted by molar-refractivity contribution is -0.120. The fourth-order valence-corrected chi connectivity index (χ4v) is 1.67. The van der Waals surface area contributed by atoms with Crippen LogP contribution < -0.4 is 22.5 Å². The van der Waals surface area contributed by atoms with Gasteiger partial charge in [0.1, 0.15) is 0 Å². The first-order valence-corrected chi connectivity index (χ1v) is 6.35. The van der Waals surface area contributed by atoms with Crippen molar-refractivity contribution in [2.45, 2.75) is 25.3 Å². The van der Waals surface area contributed by atoms with Crippen LogP contribution in [0.2, 0.25) is 0 Å². The van der Waals surface area contributed by atoms with Gasteiger partial charge in [-0.1, -0.05) is 12.1 Å². The molecule has 0 atom stereocenters. The highest BCUT2D eigenvalue weighted by Crippen LogP contribution is 2.19. The van der Waals surface area contributed by atoms with Gasteiger partial charge in [-0.25, -0.2) is 4.99 Å². The molecular formula is C13H18N6O. The minimum absolute atomic E-state index is 0.00998. The maximum atomic E-state index is 11.6. The number of guanidine groups is 2. The number of nitrogens with one attached hydrogen (secondary N) is 1. The topological polar surface area (TPSA) is 132 Å². The molecule has 7 heteroatoms. The molecule has 0 unspecified atom stereocenters. The Labute approximate surface area is 117 Å². The van der Waals surface area contributed by atoms with E-state index in [1.54, 1.807) is 12.1 Å². The molecule has 20 heavy (non-hydrogen) atoms. The smallest absolute Gasteiger partial charge is 0.224 e. The van der Waals surface area contributed by atoms with Gasteiger partial charge in [-0.05, 0) is 30.5 Å². The van der Waals surface area contributed by atoms with Gasteiger partial charge in [-0.15, -0.1) is 0 Å². The summed E-state index contributed by atoms with van der Waals surface area (Å²) >= 11 is 0. The molecule has 2 rings (SSSR count). The van der Waals surface area contributed by atoms with Crippen molar-refractivity contribution in [1.29, 1.82) is 0 Å². The first-order valence-electron chi connectivity index (χ1n) is 6.35. The van der Waals surface area contributed by atoms with Crippen molar-refractivity contribution >= 4 is 23.5 Å². The van der Waals surface area contributed by atoms with Gasteiger partial charge < -0.3 is 22.5 Å². The molecular weight excluding hydrogens is 256 g/mol. The summed E-state index contributed by atoms with van der Waals surface area (Å²) in [5, 5.41) is 2.94. The van der Waals surface area contributed by atoms with E-state index in [1.807, 2.05) is 12.1 Å². The maximum Gasteiger partial charge on any atom is 0.224 e. The zero-order chi connectivity index (χ0) is 14.5. The second-order valence-electron chi connectivity index (χ2n) is 4.69. The lowest BCUT2D eigenvalue weighted by Crippen LogP contribution is -2.26. The molecule has 0 radical (unpaired) electrons. The monoisotopic (exact) mass is 274 g/mol. The molecule has 1 aromatic carbocycles. The normalized spacial score (nSPS) is 14.7. The van der Waals surface area contributed by atoms with Gasteiger partial charge in [0.25, 0.3) is 0 Å². The van der Waals surface area contributed by atoms with E-state index in [1.165, 1.54) is 0 Å². The Hall–Kier alpha value is -2.57. The molecule has 0 bridgehead atoms. The summed E-state index contributed by atoms with van der Waals surface area (Å²) in [5.74, 6) is -0.104. The summed E-state index contributed by atoms with van der Waals surface area (Å²) in [5.41, 5.74) is 17.5. The zero-order valence-electron chi connectivity index (χ0n) is 11.0. The summed E-state index contributed by atoms with van der Waals surface area (Å²) in [4.78, 5) is 19.3. The van der Waals surface area contributed by atoms with Crippen LogP contribution in [0, 0.1) is 0 Å². The van der Waals surface area contributed by atoms with E-state index < -0.39 is 0 Å². The Morgan fingerprint density at radius 3 is 2.40 bits per heavy atom. The second-order valence-corrected chi connectivity index (χ2v) is 4.69. The molecule has 0 heterocycles. The van der Waals surface area contributed by atoms with E-state index in [0.717, 1.165) is 18.4 Å². The number of rotatable bonds is 4. The lowest BCUT2D eigenvalue weighted by Gasteiger charge is -2.03. The van der Waals surface area contributed by atoms with Crippen molar-refractivity contribution in [3.05, 3.63) is 29.8 Å². The van der Waals surface area contributed by atoms with E-state index in [0.29, 0.717) is 18.2 Å². The quantitative estimate of drug-likeness (QED) is 0.444. The van der Waals surface area contributed by atoms with E-state index in [9.17, 15) is 4.79 Å². The van der Waals surface area contributed by atoms with Crippen LogP contribution in [0.25, 0.3) is 0 Å². The molecule has 1 saturated carbocycles. The second kappa shape index (κ2) is 6.05. The minimum atomic E-state index is -0.139. The Morgan fingerprint density at radius 1 is 1.20 bits per heavy atom. The number of amides is 1. The van der Waals surface area contributed by atoms with Gasteiger partial charge in [-0.3, -0.25) is 4.79 Å². The van der Waals surface area contributed by atoms with E-state index in [2.05, 4.69) is 15.3 Å². The molecule has 0 spiro atoms. The standard InChI is InChI=1S/C13H18N6O/c14-12(15)19-13(16)18-10-3-1-8(2-4-10)7-11(20)17-9-5-6-9/h1-4,9H,5-7H2,(H,17,20)(H6,14,15,16,18,19). The first kappa shape index (κ1) is 13.9. The highest BCUT2D eigenvalue weighted by atomic mass is 16.1. The highest BCUT2D eigenvalue weighted by molar-refractivity contribution is 5.93. The van der Waals surface area contributed by atoms with Gasteiger partial charge in [-0.2, -0.15) is 4.99 Å². The van der Waals surface area contributed by atoms with Gasteiger partial charge in [0.15, 0.2) is 5.96 Å². The highest BCUT2D eigenvalue weighted by Gasteiger charge is 2.22. The predicted octanol–water partition coefficient (Wildman–Crippen LogP) is -0.273. The van der Waals surface area contributed by atoms with Gasteiger partial charge in [0.2, 0.25) is 11.9 Å². The summed E-state index contributed by atoms with van der Waals surface area (Å²) in [6, 6.07) is 7.55.